The molecule has 0 radical (unpaired) electrons. The Hall–Kier alpha value is -1.84. The number of carbonyl (C=O) groups excluding carboxylic acids is 2. The van der Waals surface area contributed by atoms with E-state index in [1.807, 2.05) is 13.8 Å². The number of rotatable bonds is 2. The Kier molecular flexibility index (Phi) is 6.71. The van der Waals surface area contributed by atoms with Gasteiger partial charge in [0.25, 0.3) is 0 Å². The van der Waals surface area contributed by atoms with E-state index >= 15 is 0 Å². The van der Waals surface area contributed by atoms with Crippen molar-refractivity contribution in [1.82, 2.24) is 0 Å². The number of hydrogen-bond donors (Lipinski definition) is 1. The van der Waals surface area contributed by atoms with E-state index in [0.717, 1.165) is 0 Å². The molecule has 0 aliphatic heterocycles. The molecule has 1 aromatic carbocycles. The molecule has 1 rings (SSSR count). The molecule has 0 unspecified atom stereocenters. The number of nitrogens with one attached hydrogen (secondary N) is 1. The fourth-order valence-electron chi connectivity index (χ4n) is 1.13. The maximum atomic E-state index is 11.4. The van der Waals surface area contributed by atoms with Crippen molar-refractivity contribution in [2.24, 2.45) is 0 Å². The van der Waals surface area contributed by atoms with Crippen LogP contribution >= 0.6 is 0 Å². The van der Waals surface area contributed by atoms with Gasteiger partial charge in [-0.2, -0.15) is 0 Å². The standard InChI is InChI=1S/C12H15NO3.C2H6/c1-12(2,3)16-11(15)13-10-7-5-4-6-9(10)8-14;1-2/h4-8H,1-3H3,(H,13,15);1-2H3. The summed E-state index contributed by atoms with van der Waals surface area (Å²) in [6.45, 7) is 9.33. The van der Waals surface area contributed by atoms with Crippen molar-refractivity contribution in [2.75, 3.05) is 5.32 Å². The minimum atomic E-state index is -0.568. The topological polar surface area (TPSA) is 55.4 Å². The smallest absolute Gasteiger partial charge is 0.412 e. The highest BCUT2D eigenvalue weighted by Crippen LogP contribution is 2.14. The first kappa shape index (κ1) is 16.2. The second-order valence-electron chi connectivity index (χ2n) is 4.33. The van der Waals surface area contributed by atoms with Gasteiger partial charge < -0.3 is 4.74 Å². The molecule has 0 aromatic heterocycles. The molecule has 1 amide bonds. The molecule has 4 nitrogen and oxygen atoms in total. The fraction of sp³-hybridized carbons (Fsp3) is 0.429. The van der Waals surface area contributed by atoms with Crippen molar-refractivity contribution in [3.8, 4) is 0 Å². The average molecular weight is 251 g/mol. The number of amides is 1. The molecule has 100 valence electrons. The van der Waals surface area contributed by atoms with E-state index < -0.39 is 11.7 Å². The molecule has 0 bridgehead atoms. The molecule has 0 atom stereocenters. The molecule has 0 saturated heterocycles. The van der Waals surface area contributed by atoms with Crippen molar-refractivity contribution < 1.29 is 14.3 Å². The molecule has 1 N–H and O–H groups in total. The lowest BCUT2D eigenvalue weighted by Crippen LogP contribution is -2.27. The third-order valence-corrected chi connectivity index (χ3v) is 1.72. The molecular formula is C14H21NO3. The van der Waals surface area contributed by atoms with Crippen LogP contribution in [0.25, 0.3) is 0 Å². The zero-order valence-electron chi connectivity index (χ0n) is 11.6. The van der Waals surface area contributed by atoms with Crippen LogP contribution in [0.5, 0.6) is 0 Å². The van der Waals surface area contributed by atoms with Crippen LogP contribution in [0.2, 0.25) is 0 Å². The monoisotopic (exact) mass is 251 g/mol. The second-order valence-corrected chi connectivity index (χ2v) is 4.33. The first-order valence-corrected chi connectivity index (χ1v) is 5.96. The van der Waals surface area contributed by atoms with Gasteiger partial charge in [-0.15, -0.1) is 0 Å². The van der Waals surface area contributed by atoms with E-state index in [9.17, 15) is 9.59 Å². The molecular weight excluding hydrogens is 230 g/mol. The molecule has 0 saturated carbocycles. The number of anilines is 1. The van der Waals surface area contributed by atoms with Crippen LogP contribution < -0.4 is 5.32 Å². The Morgan fingerprint density at radius 1 is 1.22 bits per heavy atom. The summed E-state index contributed by atoms with van der Waals surface area (Å²) in [6, 6.07) is 6.73. The molecule has 4 heteroatoms. The van der Waals surface area contributed by atoms with Gasteiger partial charge in [-0.25, -0.2) is 4.79 Å². The van der Waals surface area contributed by atoms with Crippen molar-refractivity contribution in [3.63, 3.8) is 0 Å². The highest BCUT2D eigenvalue weighted by atomic mass is 16.6. The van der Waals surface area contributed by atoms with Gasteiger partial charge in [-0.3, -0.25) is 10.1 Å². The lowest BCUT2D eigenvalue weighted by atomic mass is 10.2. The van der Waals surface area contributed by atoms with Crippen LogP contribution in [0.4, 0.5) is 10.5 Å². The van der Waals surface area contributed by atoms with Crippen LogP contribution in [0.3, 0.4) is 0 Å². The van der Waals surface area contributed by atoms with E-state index in [-0.39, 0.29) is 0 Å². The molecule has 1 aromatic rings. The summed E-state index contributed by atoms with van der Waals surface area (Å²) in [5, 5.41) is 2.53. The highest BCUT2D eigenvalue weighted by molar-refractivity contribution is 5.93. The summed E-state index contributed by atoms with van der Waals surface area (Å²) in [5.41, 5.74) is 0.320. The van der Waals surface area contributed by atoms with E-state index in [2.05, 4.69) is 5.32 Å². The van der Waals surface area contributed by atoms with Gasteiger partial charge in [-0.05, 0) is 32.9 Å². The molecule has 0 fully saturated rings. The highest BCUT2D eigenvalue weighted by Gasteiger charge is 2.16. The fourth-order valence-corrected chi connectivity index (χ4v) is 1.13. The summed E-state index contributed by atoms with van der Waals surface area (Å²) in [5.74, 6) is 0. The number of ether oxygens (including phenoxy) is 1. The Bertz CT molecular complexity index is 394. The molecule has 18 heavy (non-hydrogen) atoms. The van der Waals surface area contributed by atoms with Gasteiger partial charge >= 0.3 is 6.09 Å². The van der Waals surface area contributed by atoms with Crippen LogP contribution in [-0.2, 0) is 4.74 Å². The molecule has 0 spiro atoms. The Labute approximate surface area is 108 Å². The minimum Gasteiger partial charge on any atom is -0.444 e. The van der Waals surface area contributed by atoms with Crippen LogP contribution in [0.1, 0.15) is 45.0 Å². The Balaban J connectivity index is 0.00000137. The number of hydrogen-bond acceptors (Lipinski definition) is 3. The van der Waals surface area contributed by atoms with E-state index in [1.165, 1.54) is 0 Å². The van der Waals surface area contributed by atoms with Crippen molar-refractivity contribution >= 4 is 18.1 Å². The maximum Gasteiger partial charge on any atom is 0.412 e. The number of aldehydes is 1. The van der Waals surface area contributed by atoms with Crippen LogP contribution in [-0.4, -0.2) is 18.0 Å². The number of carbonyl (C=O) groups is 2. The quantitative estimate of drug-likeness (QED) is 0.812. The van der Waals surface area contributed by atoms with Gasteiger partial charge in [0.05, 0.1) is 5.69 Å². The van der Waals surface area contributed by atoms with E-state index in [0.29, 0.717) is 17.5 Å². The summed E-state index contributed by atoms with van der Waals surface area (Å²) in [4.78, 5) is 22.1. The molecule has 0 aliphatic rings. The van der Waals surface area contributed by atoms with Crippen LogP contribution in [0, 0.1) is 0 Å². The summed E-state index contributed by atoms with van der Waals surface area (Å²) >= 11 is 0. The minimum absolute atomic E-state index is 0.424. The maximum absolute atomic E-state index is 11.4. The number of para-hydroxylation sites is 1. The van der Waals surface area contributed by atoms with E-state index in [4.69, 9.17) is 4.74 Å². The molecule has 0 aliphatic carbocycles. The normalized spacial score (nSPS) is 9.83. The van der Waals surface area contributed by atoms with Gasteiger partial charge in [-0.1, -0.05) is 26.0 Å². The van der Waals surface area contributed by atoms with Crippen molar-refractivity contribution in [1.29, 1.82) is 0 Å². The summed E-state index contributed by atoms with van der Waals surface area (Å²) in [7, 11) is 0. The van der Waals surface area contributed by atoms with Crippen molar-refractivity contribution in [2.45, 2.75) is 40.2 Å². The largest absolute Gasteiger partial charge is 0.444 e. The number of benzene rings is 1. The summed E-state index contributed by atoms with van der Waals surface area (Å²) in [6.07, 6.45) is 0.119. The zero-order valence-corrected chi connectivity index (χ0v) is 11.6. The van der Waals surface area contributed by atoms with Gasteiger partial charge in [0.2, 0.25) is 0 Å². The van der Waals surface area contributed by atoms with Gasteiger partial charge in [0.15, 0.2) is 6.29 Å². The Morgan fingerprint density at radius 2 is 1.78 bits per heavy atom. The third-order valence-electron chi connectivity index (χ3n) is 1.72. The predicted molar refractivity (Wildman–Crippen MR) is 73.0 cm³/mol. The third kappa shape index (κ3) is 6.03. The first-order valence-electron chi connectivity index (χ1n) is 5.96. The van der Waals surface area contributed by atoms with E-state index in [1.54, 1.807) is 45.0 Å². The predicted octanol–water partition coefficient (Wildman–Crippen LogP) is 3.87. The first-order chi connectivity index (χ1) is 8.42. The lowest BCUT2D eigenvalue weighted by molar-refractivity contribution is 0.0636. The Morgan fingerprint density at radius 3 is 2.28 bits per heavy atom. The summed E-state index contributed by atoms with van der Waals surface area (Å²) < 4.78 is 5.08. The molecule has 0 heterocycles. The average Bonchev–Trinajstić information content (AvgIpc) is 2.30. The zero-order chi connectivity index (χ0) is 14.2. The SMILES string of the molecule is CC.CC(C)(C)OC(=O)Nc1ccccc1C=O. The van der Waals surface area contributed by atoms with Crippen LogP contribution in [0.15, 0.2) is 24.3 Å². The van der Waals surface area contributed by atoms with Gasteiger partial charge in [0, 0.05) is 5.56 Å². The second kappa shape index (κ2) is 7.48. The van der Waals surface area contributed by atoms with Gasteiger partial charge in [0.1, 0.15) is 5.60 Å². The van der Waals surface area contributed by atoms with Crippen molar-refractivity contribution in [3.05, 3.63) is 29.8 Å². The lowest BCUT2D eigenvalue weighted by Gasteiger charge is -2.19.